The summed E-state index contributed by atoms with van der Waals surface area (Å²) in [6, 6.07) is 2.06. The van der Waals surface area contributed by atoms with Gasteiger partial charge in [-0.1, -0.05) is 18.5 Å². The van der Waals surface area contributed by atoms with Crippen molar-refractivity contribution in [2.24, 2.45) is 0 Å². The minimum absolute atomic E-state index is 0.0387. The third kappa shape index (κ3) is 2.05. The van der Waals surface area contributed by atoms with Gasteiger partial charge in [-0.05, 0) is 25.3 Å². The third-order valence-electron chi connectivity index (χ3n) is 3.11. The van der Waals surface area contributed by atoms with Gasteiger partial charge < -0.3 is 4.90 Å². The van der Waals surface area contributed by atoms with Crippen LogP contribution in [0.15, 0.2) is 18.5 Å². The van der Waals surface area contributed by atoms with Crippen LogP contribution in [-0.2, 0) is 0 Å². The number of nitrogens with zero attached hydrogens (tertiary/aromatic N) is 2. The summed E-state index contributed by atoms with van der Waals surface area (Å²) >= 11 is 5.98. The zero-order valence-corrected chi connectivity index (χ0v) is 10.1. The van der Waals surface area contributed by atoms with Gasteiger partial charge in [-0.15, -0.1) is 0 Å². The van der Waals surface area contributed by atoms with E-state index in [1.807, 2.05) is 4.90 Å². The summed E-state index contributed by atoms with van der Waals surface area (Å²) in [4.78, 5) is 18.1. The summed E-state index contributed by atoms with van der Waals surface area (Å²) in [6.45, 7) is 2.96. The number of hydrogen-bond donors (Lipinski definition) is 0. The SMILES string of the molecule is CCC1CCCN1C(=O)c1ccncc1Cl. The summed E-state index contributed by atoms with van der Waals surface area (Å²) in [5.41, 5.74) is 0.567. The second-order valence-corrected chi connectivity index (χ2v) is 4.47. The fraction of sp³-hybridized carbons (Fsp3) is 0.500. The molecule has 1 aliphatic heterocycles. The molecule has 0 N–H and O–H groups in total. The van der Waals surface area contributed by atoms with Gasteiger partial charge in [-0.3, -0.25) is 9.78 Å². The van der Waals surface area contributed by atoms with E-state index in [9.17, 15) is 4.79 Å². The van der Waals surface area contributed by atoms with Gasteiger partial charge >= 0.3 is 0 Å². The average Bonchev–Trinajstić information content (AvgIpc) is 2.77. The van der Waals surface area contributed by atoms with E-state index in [-0.39, 0.29) is 5.91 Å². The normalized spacial score (nSPS) is 20.1. The van der Waals surface area contributed by atoms with Gasteiger partial charge in [0, 0.05) is 25.0 Å². The Balaban J connectivity index is 2.22. The quantitative estimate of drug-likeness (QED) is 0.794. The molecule has 0 aromatic carbocycles. The lowest BCUT2D eigenvalue weighted by Crippen LogP contribution is -2.35. The Morgan fingerprint density at radius 1 is 1.69 bits per heavy atom. The molecule has 0 aliphatic carbocycles. The number of rotatable bonds is 2. The second-order valence-electron chi connectivity index (χ2n) is 4.06. The smallest absolute Gasteiger partial charge is 0.255 e. The molecule has 16 heavy (non-hydrogen) atoms. The minimum atomic E-state index is 0.0387. The van der Waals surface area contributed by atoms with Crippen molar-refractivity contribution in [3.05, 3.63) is 29.0 Å². The van der Waals surface area contributed by atoms with Crippen LogP contribution >= 0.6 is 11.6 Å². The van der Waals surface area contributed by atoms with E-state index in [2.05, 4.69) is 11.9 Å². The molecular formula is C12H15ClN2O. The zero-order chi connectivity index (χ0) is 11.5. The number of aromatic nitrogens is 1. The van der Waals surface area contributed by atoms with Crippen molar-refractivity contribution >= 4 is 17.5 Å². The van der Waals surface area contributed by atoms with Crippen molar-refractivity contribution in [2.75, 3.05) is 6.54 Å². The van der Waals surface area contributed by atoms with E-state index >= 15 is 0 Å². The Kier molecular flexibility index (Phi) is 3.44. The van der Waals surface area contributed by atoms with Crippen molar-refractivity contribution in [2.45, 2.75) is 32.2 Å². The van der Waals surface area contributed by atoms with Crippen molar-refractivity contribution < 1.29 is 4.79 Å². The molecule has 3 nitrogen and oxygen atoms in total. The molecule has 4 heteroatoms. The number of pyridine rings is 1. The van der Waals surface area contributed by atoms with E-state index in [1.54, 1.807) is 12.3 Å². The highest BCUT2D eigenvalue weighted by Gasteiger charge is 2.28. The van der Waals surface area contributed by atoms with Gasteiger partial charge in [0.25, 0.3) is 5.91 Å². The lowest BCUT2D eigenvalue weighted by atomic mass is 10.1. The van der Waals surface area contributed by atoms with Gasteiger partial charge in [0.15, 0.2) is 0 Å². The molecule has 86 valence electrons. The van der Waals surface area contributed by atoms with Crippen molar-refractivity contribution in [3.63, 3.8) is 0 Å². The first kappa shape index (κ1) is 11.4. The molecule has 1 aromatic heterocycles. The molecule has 0 saturated carbocycles. The molecule has 0 spiro atoms. The molecule has 1 fully saturated rings. The first-order valence-electron chi connectivity index (χ1n) is 5.64. The highest BCUT2D eigenvalue weighted by molar-refractivity contribution is 6.33. The molecule has 2 heterocycles. The summed E-state index contributed by atoms with van der Waals surface area (Å²) in [5, 5.41) is 0.439. The van der Waals surface area contributed by atoms with E-state index in [4.69, 9.17) is 11.6 Å². The number of hydrogen-bond acceptors (Lipinski definition) is 2. The molecule has 1 unspecified atom stereocenters. The van der Waals surface area contributed by atoms with Crippen LogP contribution in [-0.4, -0.2) is 28.4 Å². The van der Waals surface area contributed by atoms with Crippen LogP contribution in [0, 0.1) is 0 Å². The molecule has 0 bridgehead atoms. The maximum absolute atomic E-state index is 12.3. The molecule has 0 radical (unpaired) electrons. The molecular weight excluding hydrogens is 224 g/mol. The average molecular weight is 239 g/mol. The highest BCUT2D eigenvalue weighted by Crippen LogP contribution is 2.24. The Labute approximate surface area is 100 Å². The van der Waals surface area contributed by atoms with Crippen molar-refractivity contribution in [1.29, 1.82) is 0 Å². The summed E-state index contributed by atoms with van der Waals surface area (Å²) in [6.07, 6.45) is 6.33. The Morgan fingerprint density at radius 2 is 2.50 bits per heavy atom. The van der Waals surface area contributed by atoms with Crippen LogP contribution < -0.4 is 0 Å². The topological polar surface area (TPSA) is 33.2 Å². The Hall–Kier alpha value is -1.09. The van der Waals surface area contributed by atoms with Crippen LogP contribution in [0.2, 0.25) is 5.02 Å². The highest BCUT2D eigenvalue weighted by atomic mass is 35.5. The number of carbonyl (C=O) groups excluding carboxylic acids is 1. The minimum Gasteiger partial charge on any atom is -0.336 e. The maximum atomic E-state index is 12.3. The number of likely N-dealkylation sites (tertiary alicyclic amines) is 1. The van der Waals surface area contributed by atoms with E-state index in [0.29, 0.717) is 16.6 Å². The van der Waals surface area contributed by atoms with Crippen LogP contribution in [0.1, 0.15) is 36.5 Å². The van der Waals surface area contributed by atoms with Gasteiger partial charge in [-0.25, -0.2) is 0 Å². The van der Waals surface area contributed by atoms with Gasteiger partial charge in [0.2, 0.25) is 0 Å². The van der Waals surface area contributed by atoms with E-state index in [1.165, 1.54) is 6.20 Å². The Bertz CT molecular complexity index is 394. The van der Waals surface area contributed by atoms with E-state index < -0.39 is 0 Å². The largest absolute Gasteiger partial charge is 0.336 e. The van der Waals surface area contributed by atoms with Crippen molar-refractivity contribution in [1.82, 2.24) is 9.88 Å². The number of halogens is 1. The monoisotopic (exact) mass is 238 g/mol. The standard InChI is InChI=1S/C12H15ClN2O/c1-2-9-4-3-7-15(9)12(16)10-5-6-14-8-11(10)13/h5-6,8-9H,2-4,7H2,1H3. The fourth-order valence-electron chi connectivity index (χ4n) is 2.23. The third-order valence-corrected chi connectivity index (χ3v) is 3.41. The first-order valence-corrected chi connectivity index (χ1v) is 6.02. The summed E-state index contributed by atoms with van der Waals surface area (Å²) in [7, 11) is 0. The fourth-order valence-corrected chi connectivity index (χ4v) is 2.43. The molecule has 1 aliphatic rings. The van der Waals surface area contributed by atoms with Crippen LogP contribution in [0.5, 0.6) is 0 Å². The lowest BCUT2D eigenvalue weighted by Gasteiger charge is -2.23. The van der Waals surface area contributed by atoms with Gasteiger partial charge in [0.1, 0.15) is 0 Å². The Morgan fingerprint density at radius 3 is 3.19 bits per heavy atom. The maximum Gasteiger partial charge on any atom is 0.255 e. The first-order chi connectivity index (χ1) is 7.74. The molecule has 1 aromatic rings. The molecule has 1 atom stereocenters. The second kappa shape index (κ2) is 4.83. The van der Waals surface area contributed by atoms with Crippen molar-refractivity contribution in [3.8, 4) is 0 Å². The molecule has 1 saturated heterocycles. The van der Waals surface area contributed by atoms with Crippen LogP contribution in [0.3, 0.4) is 0 Å². The number of carbonyl (C=O) groups is 1. The summed E-state index contributed by atoms with van der Waals surface area (Å²) < 4.78 is 0. The zero-order valence-electron chi connectivity index (χ0n) is 9.32. The lowest BCUT2D eigenvalue weighted by molar-refractivity contribution is 0.0734. The molecule has 1 amide bonds. The summed E-state index contributed by atoms with van der Waals surface area (Å²) in [5.74, 6) is 0.0387. The van der Waals surface area contributed by atoms with Gasteiger partial charge in [0.05, 0.1) is 10.6 Å². The van der Waals surface area contributed by atoms with E-state index in [0.717, 1.165) is 25.8 Å². The number of amides is 1. The predicted octanol–water partition coefficient (Wildman–Crippen LogP) is 2.75. The van der Waals surface area contributed by atoms with Gasteiger partial charge in [-0.2, -0.15) is 0 Å². The predicted molar refractivity (Wildman–Crippen MR) is 63.6 cm³/mol. The van der Waals surface area contributed by atoms with Crippen LogP contribution in [0.4, 0.5) is 0 Å². The van der Waals surface area contributed by atoms with Crippen LogP contribution in [0.25, 0.3) is 0 Å². The molecule has 2 rings (SSSR count).